The highest BCUT2D eigenvalue weighted by molar-refractivity contribution is 5.40. The van der Waals surface area contributed by atoms with Gasteiger partial charge in [0.2, 0.25) is 0 Å². The average Bonchev–Trinajstić information content (AvgIpc) is 2.66. The average molecular weight is 243 g/mol. The molecule has 1 nitrogen and oxygen atoms in total. The van der Waals surface area contributed by atoms with Crippen molar-refractivity contribution in [1.29, 1.82) is 0 Å². The SMILES string of the molecule is C=c1c2c(n(C)/c1=C/C=C\C)CCCCCCC2. The maximum absolute atomic E-state index is 4.32. The Labute approximate surface area is 111 Å². The summed E-state index contributed by atoms with van der Waals surface area (Å²) in [5.41, 5.74) is 3.05. The van der Waals surface area contributed by atoms with Crippen LogP contribution in [-0.4, -0.2) is 4.57 Å². The zero-order valence-electron chi connectivity index (χ0n) is 11.8. The normalized spacial score (nSPS) is 18.4. The third-order valence-electron chi connectivity index (χ3n) is 4.07. The number of nitrogens with zero attached hydrogens (tertiary/aromatic N) is 1. The van der Waals surface area contributed by atoms with E-state index in [0.29, 0.717) is 0 Å². The van der Waals surface area contributed by atoms with Gasteiger partial charge in [-0.15, -0.1) is 0 Å². The maximum atomic E-state index is 4.32. The second-order valence-electron chi connectivity index (χ2n) is 5.31. The molecular formula is C17H25N. The molecule has 1 aliphatic carbocycles. The molecule has 1 aromatic heterocycles. The Bertz CT molecular complexity index is 531. The van der Waals surface area contributed by atoms with Gasteiger partial charge in [-0.25, -0.2) is 0 Å². The van der Waals surface area contributed by atoms with Crippen molar-refractivity contribution in [3.63, 3.8) is 0 Å². The van der Waals surface area contributed by atoms with Crippen LogP contribution in [0.2, 0.25) is 0 Å². The van der Waals surface area contributed by atoms with Crippen LogP contribution in [0.25, 0.3) is 12.7 Å². The maximum Gasteiger partial charge on any atom is 0.0476 e. The molecule has 1 aromatic rings. The molecule has 0 saturated carbocycles. The number of fused-ring (bicyclic) bond motifs is 1. The summed E-state index contributed by atoms with van der Waals surface area (Å²) in [6.07, 6.45) is 15.6. The number of hydrogen-bond donors (Lipinski definition) is 0. The van der Waals surface area contributed by atoms with Crippen molar-refractivity contribution in [3.8, 4) is 0 Å². The highest BCUT2D eigenvalue weighted by Gasteiger charge is 2.12. The topological polar surface area (TPSA) is 4.93 Å². The number of rotatable bonds is 1. The number of allylic oxidation sites excluding steroid dienone is 2. The van der Waals surface area contributed by atoms with Crippen LogP contribution >= 0.6 is 0 Å². The third kappa shape index (κ3) is 2.60. The zero-order valence-corrected chi connectivity index (χ0v) is 11.8. The monoisotopic (exact) mass is 243 g/mol. The molecule has 0 radical (unpaired) electrons. The van der Waals surface area contributed by atoms with Crippen molar-refractivity contribution in [1.82, 2.24) is 4.57 Å². The van der Waals surface area contributed by atoms with E-state index in [-0.39, 0.29) is 0 Å². The third-order valence-corrected chi connectivity index (χ3v) is 4.07. The van der Waals surface area contributed by atoms with Crippen molar-refractivity contribution in [2.24, 2.45) is 7.05 Å². The fourth-order valence-electron chi connectivity index (χ4n) is 3.02. The summed E-state index contributed by atoms with van der Waals surface area (Å²) in [6, 6.07) is 0. The summed E-state index contributed by atoms with van der Waals surface area (Å²) in [5, 5.41) is 2.55. The molecule has 0 fully saturated rings. The van der Waals surface area contributed by atoms with Crippen LogP contribution in [0.1, 0.15) is 50.3 Å². The first-order valence-corrected chi connectivity index (χ1v) is 7.24. The Morgan fingerprint density at radius 2 is 1.72 bits per heavy atom. The second kappa shape index (κ2) is 6.08. The minimum atomic E-state index is 1.21. The van der Waals surface area contributed by atoms with E-state index in [1.807, 2.05) is 0 Å². The fraction of sp³-hybridized carbons (Fsp3) is 0.529. The van der Waals surface area contributed by atoms with Gasteiger partial charge in [0.1, 0.15) is 0 Å². The second-order valence-corrected chi connectivity index (χ2v) is 5.31. The van der Waals surface area contributed by atoms with Gasteiger partial charge in [-0.05, 0) is 49.5 Å². The van der Waals surface area contributed by atoms with Crippen molar-refractivity contribution in [2.75, 3.05) is 0 Å². The Balaban J connectivity index is 2.51. The molecule has 0 saturated heterocycles. The largest absolute Gasteiger partial charge is 0.347 e. The van der Waals surface area contributed by atoms with E-state index in [1.165, 1.54) is 66.8 Å². The van der Waals surface area contributed by atoms with Crippen LogP contribution in [0, 0.1) is 0 Å². The minimum absolute atomic E-state index is 1.21. The predicted octanol–water partition coefficient (Wildman–Crippen LogP) is 2.84. The molecular weight excluding hydrogens is 218 g/mol. The molecule has 0 bridgehead atoms. The Hall–Kier alpha value is -1.24. The van der Waals surface area contributed by atoms with E-state index in [2.05, 4.69) is 43.3 Å². The van der Waals surface area contributed by atoms with Gasteiger partial charge in [-0.1, -0.05) is 38.0 Å². The van der Waals surface area contributed by atoms with Gasteiger partial charge < -0.3 is 4.57 Å². The summed E-state index contributed by atoms with van der Waals surface area (Å²) in [5.74, 6) is 0. The lowest BCUT2D eigenvalue weighted by atomic mass is 10.1. The molecule has 18 heavy (non-hydrogen) atoms. The molecule has 0 unspecified atom stereocenters. The van der Waals surface area contributed by atoms with Gasteiger partial charge in [-0.2, -0.15) is 0 Å². The molecule has 1 aliphatic rings. The smallest absolute Gasteiger partial charge is 0.0476 e. The van der Waals surface area contributed by atoms with E-state index in [9.17, 15) is 0 Å². The molecule has 0 aromatic carbocycles. The first-order valence-electron chi connectivity index (χ1n) is 7.24. The molecule has 98 valence electrons. The molecule has 0 atom stereocenters. The summed E-state index contributed by atoms with van der Waals surface area (Å²) >= 11 is 0. The van der Waals surface area contributed by atoms with Gasteiger partial charge in [0.15, 0.2) is 0 Å². The van der Waals surface area contributed by atoms with Crippen molar-refractivity contribution in [2.45, 2.75) is 51.9 Å². The van der Waals surface area contributed by atoms with E-state index < -0.39 is 0 Å². The highest BCUT2D eigenvalue weighted by Crippen LogP contribution is 2.16. The fourth-order valence-corrected chi connectivity index (χ4v) is 3.02. The van der Waals surface area contributed by atoms with Gasteiger partial charge in [0, 0.05) is 18.1 Å². The quantitative estimate of drug-likeness (QED) is 0.715. The van der Waals surface area contributed by atoms with E-state index >= 15 is 0 Å². The van der Waals surface area contributed by atoms with Gasteiger partial charge in [-0.3, -0.25) is 0 Å². The Morgan fingerprint density at radius 3 is 2.44 bits per heavy atom. The lowest BCUT2D eigenvalue weighted by Crippen LogP contribution is -2.27. The molecule has 0 N–H and O–H groups in total. The van der Waals surface area contributed by atoms with E-state index in [0.717, 1.165) is 0 Å². The van der Waals surface area contributed by atoms with Gasteiger partial charge in [0.25, 0.3) is 0 Å². The molecule has 1 heteroatoms. The van der Waals surface area contributed by atoms with Crippen LogP contribution in [0.3, 0.4) is 0 Å². The molecule has 0 aliphatic heterocycles. The Kier molecular flexibility index (Phi) is 4.46. The van der Waals surface area contributed by atoms with Gasteiger partial charge >= 0.3 is 0 Å². The molecule has 0 spiro atoms. The number of hydrogen-bond acceptors (Lipinski definition) is 0. The lowest BCUT2D eigenvalue weighted by Gasteiger charge is -2.05. The molecule has 0 amide bonds. The van der Waals surface area contributed by atoms with Crippen molar-refractivity contribution < 1.29 is 0 Å². The van der Waals surface area contributed by atoms with Crippen LogP contribution in [0.15, 0.2) is 12.2 Å². The first-order chi connectivity index (χ1) is 8.75. The van der Waals surface area contributed by atoms with Crippen LogP contribution in [0.4, 0.5) is 0 Å². The highest BCUT2D eigenvalue weighted by atomic mass is 14.9. The van der Waals surface area contributed by atoms with Gasteiger partial charge in [0.05, 0.1) is 0 Å². The number of aromatic nitrogens is 1. The van der Waals surface area contributed by atoms with E-state index in [4.69, 9.17) is 0 Å². The summed E-state index contributed by atoms with van der Waals surface area (Å²) in [6.45, 7) is 6.38. The summed E-state index contributed by atoms with van der Waals surface area (Å²) in [4.78, 5) is 0. The first kappa shape index (κ1) is 13.2. The summed E-state index contributed by atoms with van der Waals surface area (Å²) in [7, 11) is 2.20. The van der Waals surface area contributed by atoms with Crippen LogP contribution < -0.4 is 10.6 Å². The van der Waals surface area contributed by atoms with Crippen molar-refractivity contribution in [3.05, 3.63) is 34.0 Å². The van der Waals surface area contributed by atoms with E-state index in [1.54, 1.807) is 0 Å². The standard InChI is InChI=1S/C17H25N/c1-4-5-12-16-14(2)15-11-9-7-6-8-10-13-17(15)18(16)3/h4-5,12H,2,6-11,13H2,1,3H3/b5-4-,16-12+. The van der Waals surface area contributed by atoms with Crippen LogP contribution in [-0.2, 0) is 19.9 Å². The molecule has 1 heterocycles. The zero-order chi connectivity index (χ0) is 13.0. The molecule has 2 rings (SSSR count). The lowest BCUT2D eigenvalue weighted by molar-refractivity contribution is 0.622. The Morgan fingerprint density at radius 1 is 1.06 bits per heavy atom. The minimum Gasteiger partial charge on any atom is -0.347 e. The summed E-state index contributed by atoms with van der Waals surface area (Å²) < 4.78 is 2.36. The van der Waals surface area contributed by atoms with Crippen molar-refractivity contribution >= 4 is 12.7 Å². The predicted molar refractivity (Wildman–Crippen MR) is 80.0 cm³/mol. The van der Waals surface area contributed by atoms with Crippen LogP contribution in [0.5, 0.6) is 0 Å².